The van der Waals surface area contributed by atoms with Gasteiger partial charge in [-0.05, 0) is 46.6 Å². The van der Waals surface area contributed by atoms with Gasteiger partial charge in [-0.25, -0.2) is 0 Å². The van der Waals surface area contributed by atoms with E-state index in [-0.39, 0.29) is 11.6 Å². The molecule has 0 bridgehead atoms. The van der Waals surface area contributed by atoms with Crippen molar-refractivity contribution in [3.05, 3.63) is 0 Å². The Balaban J connectivity index is 2.68. The van der Waals surface area contributed by atoms with Crippen LogP contribution >= 0.6 is 0 Å². The van der Waals surface area contributed by atoms with Crippen molar-refractivity contribution >= 4 is 5.97 Å². The highest BCUT2D eigenvalue weighted by molar-refractivity contribution is 5.81. The zero-order chi connectivity index (χ0) is 11.5. The van der Waals surface area contributed by atoms with Crippen LogP contribution in [0.3, 0.4) is 0 Å². The molecule has 0 aromatic heterocycles. The largest absolute Gasteiger partial charge is 0.459 e. The predicted octanol–water partition coefficient (Wildman–Crippen LogP) is 2.25. The van der Waals surface area contributed by atoms with Crippen LogP contribution in [0, 0.1) is 0 Å². The SMILES string of the molecule is CCCC1(C(=O)OC(C)(C)C)CCCN1. The average molecular weight is 213 g/mol. The van der Waals surface area contributed by atoms with Gasteiger partial charge in [-0.2, -0.15) is 0 Å². The third-order valence-corrected chi connectivity index (χ3v) is 2.71. The lowest BCUT2D eigenvalue weighted by atomic mass is 9.92. The first-order valence-corrected chi connectivity index (χ1v) is 5.88. The summed E-state index contributed by atoms with van der Waals surface area (Å²) in [6, 6.07) is 0. The highest BCUT2D eigenvalue weighted by Gasteiger charge is 2.42. The third-order valence-electron chi connectivity index (χ3n) is 2.71. The summed E-state index contributed by atoms with van der Waals surface area (Å²) < 4.78 is 5.48. The van der Waals surface area contributed by atoms with Crippen LogP contribution in [0.25, 0.3) is 0 Å². The molecule has 1 fully saturated rings. The second-order valence-electron chi connectivity index (χ2n) is 5.36. The van der Waals surface area contributed by atoms with Gasteiger partial charge in [-0.1, -0.05) is 13.3 Å². The van der Waals surface area contributed by atoms with E-state index in [9.17, 15) is 4.79 Å². The number of hydrogen-bond donors (Lipinski definition) is 1. The van der Waals surface area contributed by atoms with Gasteiger partial charge in [0.25, 0.3) is 0 Å². The van der Waals surface area contributed by atoms with E-state index in [0.29, 0.717) is 0 Å². The highest BCUT2D eigenvalue weighted by Crippen LogP contribution is 2.27. The van der Waals surface area contributed by atoms with Gasteiger partial charge < -0.3 is 10.1 Å². The quantitative estimate of drug-likeness (QED) is 0.731. The summed E-state index contributed by atoms with van der Waals surface area (Å²) in [7, 11) is 0. The van der Waals surface area contributed by atoms with Crippen molar-refractivity contribution in [2.45, 2.75) is 64.5 Å². The Morgan fingerprint density at radius 3 is 2.53 bits per heavy atom. The van der Waals surface area contributed by atoms with E-state index < -0.39 is 5.54 Å². The van der Waals surface area contributed by atoms with E-state index in [4.69, 9.17) is 4.74 Å². The van der Waals surface area contributed by atoms with Crippen molar-refractivity contribution < 1.29 is 9.53 Å². The Morgan fingerprint density at radius 2 is 2.13 bits per heavy atom. The molecular formula is C12H23NO2. The number of hydrogen-bond acceptors (Lipinski definition) is 3. The maximum absolute atomic E-state index is 12.1. The van der Waals surface area contributed by atoms with Crippen LogP contribution in [0.15, 0.2) is 0 Å². The summed E-state index contributed by atoms with van der Waals surface area (Å²) in [6.45, 7) is 8.78. The van der Waals surface area contributed by atoms with Gasteiger partial charge in [0, 0.05) is 0 Å². The van der Waals surface area contributed by atoms with Crippen molar-refractivity contribution in [2.75, 3.05) is 6.54 Å². The molecule has 3 heteroatoms. The molecule has 0 saturated carbocycles. The summed E-state index contributed by atoms with van der Waals surface area (Å²) in [5, 5.41) is 3.32. The van der Waals surface area contributed by atoms with Crippen LogP contribution in [-0.4, -0.2) is 23.7 Å². The summed E-state index contributed by atoms with van der Waals surface area (Å²) in [5.41, 5.74) is -0.788. The van der Waals surface area contributed by atoms with E-state index in [1.807, 2.05) is 20.8 Å². The van der Waals surface area contributed by atoms with Gasteiger partial charge in [0.2, 0.25) is 0 Å². The Bertz CT molecular complexity index is 224. The number of nitrogens with one attached hydrogen (secondary N) is 1. The van der Waals surface area contributed by atoms with Gasteiger partial charge in [-0.15, -0.1) is 0 Å². The number of ether oxygens (including phenoxy) is 1. The molecule has 3 nitrogen and oxygen atoms in total. The average Bonchev–Trinajstić information content (AvgIpc) is 2.51. The molecule has 15 heavy (non-hydrogen) atoms. The summed E-state index contributed by atoms with van der Waals surface area (Å²) >= 11 is 0. The standard InChI is InChI=1S/C12H23NO2/c1-5-7-12(8-6-9-13-12)10(14)15-11(2,3)4/h13H,5-9H2,1-4H3. The monoisotopic (exact) mass is 213 g/mol. The molecule has 0 radical (unpaired) electrons. The molecule has 1 saturated heterocycles. The molecule has 1 aliphatic heterocycles. The molecule has 0 aromatic carbocycles. The molecule has 1 N–H and O–H groups in total. The topological polar surface area (TPSA) is 38.3 Å². The lowest BCUT2D eigenvalue weighted by molar-refractivity contribution is -0.163. The van der Waals surface area contributed by atoms with Gasteiger partial charge in [-0.3, -0.25) is 4.79 Å². The van der Waals surface area contributed by atoms with E-state index >= 15 is 0 Å². The fraction of sp³-hybridized carbons (Fsp3) is 0.917. The van der Waals surface area contributed by atoms with Crippen molar-refractivity contribution in [1.82, 2.24) is 5.32 Å². The molecule has 0 spiro atoms. The Morgan fingerprint density at radius 1 is 1.47 bits per heavy atom. The van der Waals surface area contributed by atoms with Crippen molar-refractivity contribution in [2.24, 2.45) is 0 Å². The minimum atomic E-state index is -0.401. The van der Waals surface area contributed by atoms with Crippen molar-refractivity contribution in [3.63, 3.8) is 0 Å². The van der Waals surface area contributed by atoms with Crippen LogP contribution in [0.1, 0.15) is 53.4 Å². The fourth-order valence-corrected chi connectivity index (χ4v) is 2.10. The molecule has 1 heterocycles. The van der Waals surface area contributed by atoms with Gasteiger partial charge in [0.05, 0.1) is 0 Å². The lowest BCUT2D eigenvalue weighted by Crippen LogP contribution is -2.50. The number of rotatable bonds is 3. The Hall–Kier alpha value is -0.570. The normalized spacial score (nSPS) is 26.7. The zero-order valence-electron chi connectivity index (χ0n) is 10.4. The first-order valence-electron chi connectivity index (χ1n) is 5.88. The van der Waals surface area contributed by atoms with E-state index in [0.717, 1.165) is 32.2 Å². The van der Waals surface area contributed by atoms with Crippen LogP contribution in [-0.2, 0) is 9.53 Å². The molecule has 0 aromatic rings. The highest BCUT2D eigenvalue weighted by atomic mass is 16.6. The van der Waals surface area contributed by atoms with E-state index in [1.54, 1.807) is 0 Å². The molecular weight excluding hydrogens is 190 g/mol. The Kier molecular flexibility index (Phi) is 3.77. The van der Waals surface area contributed by atoms with Crippen LogP contribution in [0.5, 0.6) is 0 Å². The lowest BCUT2D eigenvalue weighted by Gasteiger charge is -2.31. The Labute approximate surface area is 92.6 Å². The number of carbonyl (C=O) groups is 1. The summed E-state index contributed by atoms with van der Waals surface area (Å²) in [6.07, 6.45) is 3.86. The molecule has 88 valence electrons. The van der Waals surface area contributed by atoms with Crippen molar-refractivity contribution in [3.8, 4) is 0 Å². The first-order chi connectivity index (χ1) is 6.90. The fourth-order valence-electron chi connectivity index (χ4n) is 2.10. The molecule has 1 unspecified atom stereocenters. The van der Waals surface area contributed by atoms with Gasteiger partial charge >= 0.3 is 5.97 Å². The summed E-state index contributed by atoms with van der Waals surface area (Å²) in [4.78, 5) is 12.1. The van der Waals surface area contributed by atoms with Gasteiger partial charge in [0.1, 0.15) is 11.1 Å². The minimum Gasteiger partial charge on any atom is -0.459 e. The van der Waals surface area contributed by atoms with Crippen LogP contribution < -0.4 is 5.32 Å². The second-order valence-corrected chi connectivity index (χ2v) is 5.36. The summed E-state index contributed by atoms with van der Waals surface area (Å²) in [5.74, 6) is -0.0747. The van der Waals surface area contributed by atoms with E-state index in [2.05, 4.69) is 12.2 Å². The zero-order valence-corrected chi connectivity index (χ0v) is 10.4. The first kappa shape index (κ1) is 12.5. The van der Waals surface area contributed by atoms with Crippen LogP contribution in [0.4, 0.5) is 0 Å². The number of esters is 1. The predicted molar refractivity (Wildman–Crippen MR) is 60.7 cm³/mol. The maximum Gasteiger partial charge on any atom is 0.326 e. The smallest absolute Gasteiger partial charge is 0.326 e. The molecule has 0 amide bonds. The minimum absolute atomic E-state index is 0.0747. The van der Waals surface area contributed by atoms with E-state index in [1.165, 1.54) is 0 Å². The molecule has 1 aliphatic rings. The van der Waals surface area contributed by atoms with Crippen LogP contribution in [0.2, 0.25) is 0 Å². The second kappa shape index (κ2) is 4.52. The maximum atomic E-state index is 12.1. The molecule has 1 atom stereocenters. The molecule has 0 aliphatic carbocycles. The third kappa shape index (κ3) is 3.20. The van der Waals surface area contributed by atoms with Crippen molar-refractivity contribution in [1.29, 1.82) is 0 Å². The van der Waals surface area contributed by atoms with Gasteiger partial charge in [0.15, 0.2) is 0 Å². The number of carbonyl (C=O) groups excluding carboxylic acids is 1. The molecule has 1 rings (SSSR count).